The second-order valence-electron chi connectivity index (χ2n) is 5.99. The van der Waals surface area contributed by atoms with Gasteiger partial charge in [0.1, 0.15) is 0 Å². The Labute approximate surface area is 117 Å². The molecular weight excluding hydrogens is 234 g/mol. The summed E-state index contributed by atoms with van der Waals surface area (Å²) in [6.45, 7) is 7.67. The molecule has 0 bridgehead atoms. The van der Waals surface area contributed by atoms with Gasteiger partial charge in [0, 0.05) is 7.05 Å². The Kier molecular flexibility index (Phi) is 5.03. The van der Waals surface area contributed by atoms with Crippen molar-refractivity contribution < 1.29 is 0 Å². The van der Waals surface area contributed by atoms with Crippen LogP contribution < -0.4 is 5.32 Å². The lowest BCUT2D eigenvalue weighted by atomic mass is 9.73. The van der Waals surface area contributed by atoms with Crippen molar-refractivity contribution in [2.45, 2.75) is 58.9 Å². The molecule has 1 heterocycles. The van der Waals surface area contributed by atoms with E-state index in [9.17, 15) is 0 Å². The molecule has 3 atom stereocenters. The smallest absolute Gasteiger partial charge is 0.0597 e. The Morgan fingerprint density at radius 2 is 2.11 bits per heavy atom. The Morgan fingerprint density at radius 3 is 2.68 bits per heavy atom. The Bertz CT molecular complexity index is 397. The third kappa shape index (κ3) is 3.19. The van der Waals surface area contributed by atoms with Gasteiger partial charge >= 0.3 is 0 Å². The van der Waals surface area contributed by atoms with E-state index in [1.807, 2.05) is 0 Å². The fraction of sp³-hybridized carbons (Fsp3) is 0.812. The lowest BCUT2D eigenvalue weighted by molar-refractivity contribution is 0.172. The zero-order chi connectivity index (χ0) is 13.8. The highest BCUT2D eigenvalue weighted by Crippen LogP contribution is 2.40. The molecule has 0 radical (unpaired) electrons. The van der Waals surface area contributed by atoms with Crippen molar-refractivity contribution in [3.05, 3.63) is 17.5 Å². The van der Waals surface area contributed by atoms with Crippen LogP contribution in [0.15, 0.2) is 6.07 Å². The SMILES string of the molecule is CCNC(c1cc(C)nn1C)C1CCCCC1CC. The van der Waals surface area contributed by atoms with E-state index in [0.717, 1.165) is 24.1 Å². The standard InChI is InChI=1S/C16H29N3/c1-5-13-9-7-8-10-14(13)16(17-6-2)15-11-12(3)18-19(15)4/h11,13-14,16-17H,5-10H2,1-4H3. The summed E-state index contributed by atoms with van der Waals surface area (Å²) < 4.78 is 2.07. The molecule has 108 valence electrons. The monoisotopic (exact) mass is 263 g/mol. The first kappa shape index (κ1) is 14.6. The number of hydrogen-bond donors (Lipinski definition) is 1. The molecule has 1 fully saturated rings. The van der Waals surface area contributed by atoms with Crippen molar-refractivity contribution in [1.29, 1.82) is 0 Å². The zero-order valence-electron chi connectivity index (χ0n) is 12.9. The van der Waals surface area contributed by atoms with Gasteiger partial charge in [-0.25, -0.2) is 0 Å². The van der Waals surface area contributed by atoms with E-state index in [4.69, 9.17) is 0 Å². The van der Waals surface area contributed by atoms with E-state index in [1.165, 1.54) is 37.8 Å². The fourth-order valence-corrected chi connectivity index (χ4v) is 3.80. The lowest BCUT2D eigenvalue weighted by Gasteiger charge is -2.37. The van der Waals surface area contributed by atoms with Gasteiger partial charge in [-0.05, 0) is 37.8 Å². The normalized spacial score (nSPS) is 25.5. The topological polar surface area (TPSA) is 29.9 Å². The molecule has 1 aromatic rings. The van der Waals surface area contributed by atoms with Crippen LogP contribution in [0.5, 0.6) is 0 Å². The van der Waals surface area contributed by atoms with E-state index in [2.05, 4.69) is 49.0 Å². The van der Waals surface area contributed by atoms with Gasteiger partial charge in [-0.1, -0.05) is 39.5 Å². The number of aromatic nitrogens is 2. The summed E-state index contributed by atoms with van der Waals surface area (Å²) in [4.78, 5) is 0. The van der Waals surface area contributed by atoms with Crippen LogP contribution in [0, 0.1) is 18.8 Å². The first-order valence-electron chi connectivity index (χ1n) is 7.91. The molecule has 0 saturated heterocycles. The van der Waals surface area contributed by atoms with Crippen molar-refractivity contribution >= 4 is 0 Å². The van der Waals surface area contributed by atoms with Crippen LogP contribution in [-0.4, -0.2) is 16.3 Å². The number of nitrogens with zero attached hydrogens (tertiary/aromatic N) is 2. The predicted molar refractivity (Wildman–Crippen MR) is 80.1 cm³/mol. The van der Waals surface area contributed by atoms with Gasteiger partial charge in [0.15, 0.2) is 0 Å². The van der Waals surface area contributed by atoms with Gasteiger partial charge in [0.05, 0.1) is 17.4 Å². The van der Waals surface area contributed by atoms with Crippen molar-refractivity contribution in [1.82, 2.24) is 15.1 Å². The van der Waals surface area contributed by atoms with E-state index in [-0.39, 0.29) is 0 Å². The number of nitrogens with one attached hydrogen (secondary N) is 1. The molecule has 1 aliphatic carbocycles. The summed E-state index contributed by atoms with van der Waals surface area (Å²) in [6.07, 6.45) is 6.88. The maximum Gasteiger partial charge on any atom is 0.0597 e. The van der Waals surface area contributed by atoms with Gasteiger partial charge in [-0.2, -0.15) is 5.10 Å². The highest BCUT2D eigenvalue weighted by Gasteiger charge is 2.32. The minimum Gasteiger partial charge on any atom is -0.309 e. The second kappa shape index (κ2) is 6.56. The average Bonchev–Trinajstić information content (AvgIpc) is 2.75. The van der Waals surface area contributed by atoms with Gasteiger partial charge in [0.25, 0.3) is 0 Å². The van der Waals surface area contributed by atoms with Crippen LogP contribution >= 0.6 is 0 Å². The van der Waals surface area contributed by atoms with Crippen LogP contribution in [0.1, 0.15) is 63.4 Å². The fourth-order valence-electron chi connectivity index (χ4n) is 3.80. The molecule has 3 heteroatoms. The van der Waals surface area contributed by atoms with Crippen LogP contribution in [0.2, 0.25) is 0 Å². The number of aryl methyl sites for hydroxylation is 2. The predicted octanol–water partition coefficient (Wildman–Crippen LogP) is 3.60. The van der Waals surface area contributed by atoms with Crippen LogP contribution in [-0.2, 0) is 7.05 Å². The van der Waals surface area contributed by atoms with E-state index < -0.39 is 0 Å². The molecular formula is C16H29N3. The molecule has 1 saturated carbocycles. The van der Waals surface area contributed by atoms with Gasteiger partial charge in [0.2, 0.25) is 0 Å². The van der Waals surface area contributed by atoms with E-state index in [1.54, 1.807) is 0 Å². The van der Waals surface area contributed by atoms with Crippen molar-refractivity contribution in [2.24, 2.45) is 18.9 Å². The molecule has 0 aromatic carbocycles. The van der Waals surface area contributed by atoms with Gasteiger partial charge in [-0.3, -0.25) is 4.68 Å². The van der Waals surface area contributed by atoms with Crippen LogP contribution in [0.3, 0.4) is 0 Å². The Hall–Kier alpha value is -0.830. The molecule has 3 nitrogen and oxygen atoms in total. The summed E-state index contributed by atoms with van der Waals surface area (Å²) in [6, 6.07) is 2.73. The van der Waals surface area contributed by atoms with E-state index in [0.29, 0.717) is 6.04 Å². The summed E-state index contributed by atoms with van der Waals surface area (Å²) in [5.41, 5.74) is 2.49. The summed E-state index contributed by atoms with van der Waals surface area (Å²) >= 11 is 0. The van der Waals surface area contributed by atoms with E-state index >= 15 is 0 Å². The third-order valence-electron chi connectivity index (χ3n) is 4.70. The third-order valence-corrected chi connectivity index (χ3v) is 4.70. The Morgan fingerprint density at radius 1 is 1.37 bits per heavy atom. The first-order valence-corrected chi connectivity index (χ1v) is 7.91. The van der Waals surface area contributed by atoms with Crippen molar-refractivity contribution in [2.75, 3.05) is 6.54 Å². The molecule has 1 aliphatic rings. The minimum atomic E-state index is 0.474. The van der Waals surface area contributed by atoms with Gasteiger partial charge < -0.3 is 5.32 Å². The van der Waals surface area contributed by atoms with Crippen LogP contribution in [0.4, 0.5) is 0 Å². The number of rotatable bonds is 5. The second-order valence-corrected chi connectivity index (χ2v) is 5.99. The molecule has 2 rings (SSSR count). The molecule has 1 aromatic heterocycles. The first-order chi connectivity index (χ1) is 9.17. The lowest BCUT2D eigenvalue weighted by Crippen LogP contribution is -2.35. The van der Waals surface area contributed by atoms with Gasteiger partial charge in [-0.15, -0.1) is 0 Å². The zero-order valence-corrected chi connectivity index (χ0v) is 12.9. The average molecular weight is 263 g/mol. The molecule has 1 N–H and O–H groups in total. The van der Waals surface area contributed by atoms with Crippen LogP contribution in [0.25, 0.3) is 0 Å². The summed E-state index contributed by atoms with van der Waals surface area (Å²) in [5, 5.41) is 8.26. The summed E-state index contributed by atoms with van der Waals surface area (Å²) in [5.74, 6) is 1.64. The van der Waals surface area contributed by atoms with Crippen molar-refractivity contribution in [3.8, 4) is 0 Å². The molecule has 0 amide bonds. The highest BCUT2D eigenvalue weighted by molar-refractivity contribution is 5.15. The molecule has 3 unspecified atom stereocenters. The van der Waals surface area contributed by atoms with Crippen molar-refractivity contribution in [3.63, 3.8) is 0 Å². The highest BCUT2D eigenvalue weighted by atomic mass is 15.3. The maximum atomic E-state index is 4.54. The molecule has 0 aliphatic heterocycles. The quantitative estimate of drug-likeness (QED) is 0.879. The summed E-state index contributed by atoms with van der Waals surface area (Å²) in [7, 11) is 2.08. The maximum absolute atomic E-state index is 4.54. The number of hydrogen-bond acceptors (Lipinski definition) is 2. The Balaban J connectivity index is 2.25. The minimum absolute atomic E-state index is 0.474. The molecule has 19 heavy (non-hydrogen) atoms. The largest absolute Gasteiger partial charge is 0.309 e. The molecule has 0 spiro atoms.